The zero-order valence-electron chi connectivity index (χ0n) is 11.6. The number of ketones is 1. The molecule has 3 N–H and O–H groups in total. The lowest BCUT2D eigenvalue weighted by molar-refractivity contribution is 0.101. The van der Waals surface area contributed by atoms with E-state index in [-0.39, 0.29) is 5.78 Å². The number of rotatable bonds is 5. The molecule has 0 aromatic heterocycles. The minimum Gasteiger partial charge on any atom is -0.488 e. The van der Waals surface area contributed by atoms with E-state index in [2.05, 4.69) is 5.32 Å². The molecule has 2 rings (SSSR count). The molecule has 0 fully saturated rings. The summed E-state index contributed by atoms with van der Waals surface area (Å²) in [6.45, 7) is 1.91. The van der Waals surface area contributed by atoms with Crippen molar-refractivity contribution in [3.8, 4) is 5.75 Å². The number of nitrogens with two attached hydrogens (primary N) is 1. The van der Waals surface area contributed by atoms with Crippen LogP contribution in [0.5, 0.6) is 5.75 Å². The first kappa shape index (κ1) is 13.9. The summed E-state index contributed by atoms with van der Waals surface area (Å²) >= 11 is 0. The normalized spacial score (nSPS) is 10.1. The van der Waals surface area contributed by atoms with Crippen molar-refractivity contribution in [3.05, 3.63) is 53.6 Å². The Balaban J connectivity index is 2.27. The number of hydrogen-bond donors (Lipinski definition) is 2. The summed E-state index contributed by atoms with van der Waals surface area (Å²) in [5.41, 5.74) is 8.70. The second-order valence-electron chi connectivity index (χ2n) is 4.52. The summed E-state index contributed by atoms with van der Waals surface area (Å²) < 4.78 is 5.77. The first-order chi connectivity index (χ1) is 9.61. The minimum absolute atomic E-state index is 0.0672. The molecule has 4 nitrogen and oxygen atoms in total. The molecule has 0 aliphatic heterocycles. The van der Waals surface area contributed by atoms with E-state index in [1.165, 1.54) is 6.92 Å². The van der Waals surface area contributed by atoms with E-state index in [9.17, 15) is 4.79 Å². The molecule has 104 valence electrons. The molecule has 0 atom stereocenters. The van der Waals surface area contributed by atoms with Gasteiger partial charge in [-0.15, -0.1) is 0 Å². The summed E-state index contributed by atoms with van der Waals surface area (Å²) in [7, 11) is 1.78. The Hall–Kier alpha value is -2.49. The summed E-state index contributed by atoms with van der Waals surface area (Å²) in [5.74, 6) is 0.474. The highest BCUT2D eigenvalue weighted by Crippen LogP contribution is 2.30. The van der Waals surface area contributed by atoms with Crippen LogP contribution in [-0.2, 0) is 6.61 Å². The fraction of sp³-hybridized carbons (Fsp3) is 0.188. The fourth-order valence-electron chi connectivity index (χ4n) is 1.94. The van der Waals surface area contributed by atoms with E-state index in [1.54, 1.807) is 19.2 Å². The van der Waals surface area contributed by atoms with Gasteiger partial charge in [0.1, 0.15) is 12.4 Å². The van der Waals surface area contributed by atoms with Gasteiger partial charge in [-0.3, -0.25) is 4.79 Å². The van der Waals surface area contributed by atoms with Gasteiger partial charge in [-0.2, -0.15) is 0 Å². The van der Waals surface area contributed by atoms with Crippen molar-refractivity contribution in [2.24, 2.45) is 0 Å². The van der Waals surface area contributed by atoms with Crippen LogP contribution >= 0.6 is 0 Å². The largest absolute Gasteiger partial charge is 0.488 e. The van der Waals surface area contributed by atoms with Crippen LogP contribution in [0.2, 0.25) is 0 Å². The first-order valence-corrected chi connectivity index (χ1v) is 6.40. The number of carbonyl (C=O) groups is 1. The van der Waals surface area contributed by atoms with Gasteiger partial charge in [0.2, 0.25) is 0 Å². The molecule has 0 amide bonds. The Morgan fingerprint density at radius 3 is 2.55 bits per heavy atom. The van der Waals surface area contributed by atoms with Gasteiger partial charge in [0, 0.05) is 13.1 Å². The third-order valence-electron chi connectivity index (χ3n) is 3.04. The van der Waals surface area contributed by atoms with E-state index in [4.69, 9.17) is 10.5 Å². The monoisotopic (exact) mass is 270 g/mol. The number of hydrogen-bond acceptors (Lipinski definition) is 4. The molecule has 0 saturated heterocycles. The quantitative estimate of drug-likeness (QED) is 0.647. The zero-order valence-corrected chi connectivity index (χ0v) is 11.6. The number of Topliss-reactive ketones (excluding diaryl/α,β-unsaturated/α-hetero) is 1. The zero-order chi connectivity index (χ0) is 14.5. The number of nitrogens with one attached hydrogen (secondary N) is 1. The lowest BCUT2D eigenvalue weighted by Crippen LogP contribution is -2.05. The molecule has 0 radical (unpaired) electrons. The predicted octanol–water partition coefficient (Wildman–Crippen LogP) is 3.09. The Kier molecular flexibility index (Phi) is 4.25. The maximum Gasteiger partial charge on any atom is 0.163 e. The minimum atomic E-state index is -0.0672. The molecule has 0 heterocycles. The molecule has 0 aliphatic rings. The summed E-state index contributed by atoms with van der Waals surface area (Å²) in [5, 5.41) is 2.98. The lowest BCUT2D eigenvalue weighted by Gasteiger charge is -2.14. The summed E-state index contributed by atoms with van der Waals surface area (Å²) in [6.07, 6.45) is 0. The highest BCUT2D eigenvalue weighted by Gasteiger charge is 2.12. The molecular weight excluding hydrogens is 252 g/mol. The van der Waals surface area contributed by atoms with Gasteiger partial charge >= 0.3 is 0 Å². The van der Waals surface area contributed by atoms with E-state index >= 15 is 0 Å². The SMILES string of the molecule is CNc1cc(OCc2ccccc2)c(C(C)=O)cc1N. The van der Waals surface area contributed by atoms with Crippen molar-refractivity contribution in [1.82, 2.24) is 0 Å². The van der Waals surface area contributed by atoms with Gasteiger partial charge in [-0.1, -0.05) is 30.3 Å². The van der Waals surface area contributed by atoms with Gasteiger partial charge < -0.3 is 15.8 Å². The molecule has 2 aromatic carbocycles. The van der Waals surface area contributed by atoms with Crippen molar-refractivity contribution in [2.45, 2.75) is 13.5 Å². The number of ether oxygens (including phenoxy) is 1. The van der Waals surface area contributed by atoms with Crippen molar-refractivity contribution in [1.29, 1.82) is 0 Å². The highest BCUT2D eigenvalue weighted by atomic mass is 16.5. The van der Waals surface area contributed by atoms with Crippen LogP contribution in [0.15, 0.2) is 42.5 Å². The molecule has 4 heteroatoms. The highest BCUT2D eigenvalue weighted by molar-refractivity contribution is 5.99. The summed E-state index contributed by atoms with van der Waals surface area (Å²) in [4.78, 5) is 11.7. The van der Waals surface area contributed by atoms with Crippen LogP contribution in [0.4, 0.5) is 11.4 Å². The molecule has 0 bridgehead atoms. The van der Waals surface area contributed by atoms with Crippen LogP contribution in [0, 0.1) is 0 Å². The second-order valence-corrected chi connectivity index (χ2v) is 4.52. The predicted molar refractivity (Wildman–Crippen MR) is 81.2 cm³/mol. The van der Waals surface area contributed by atoms with Gasteiger partial charge in [0.05, 0.1) is 16.9 Å². The van der Waals surface area contributed by atoms with Crippen molar-refractivity contribution < 1.29 is 9.53 Å². The molecular formula is C16H18N2O2. The third-order valence-corrected chi connectivity index (χ3v) is 3.04. The molecule has 2 aromatic rings. The molecule has 0 saturated carbocycles. The number of benzene rings is 2. The topological polar surface area (TPSA) is 64.3 Å². The van der Waals surface area contributed by atoms with Gasteiger partial charge in [0.15, 0.2) is 5.78 Å². The maximum absolute atomic E-state index is 11.7. The lowest BCUT2D eigenvalue weighted by atomic mass is 10.1. The van der Waals surface area contributed by atoms with Gasteiger partial charge in [0.25, 0.3) is 0 Å². The molecule has 0 unspecified atom stereocenters. The number of anilines is 2. The Morgan fingerprint density at radius 1 is 1.25 bits per heavy atom. The maximum atomic E-state index is 11.7. The van der Waals surface area contributed by atoms with Crippen LogP contribution in [0.3, 0.4) is 0 Å². The average Bonchev–Trinajstić information content (AvgIpc) is 2.46. The van der Waals surface area contributed by atoms with E-state index in [1.807, 2.05) is 30.3 Å². The molecule has 20 heavy (non-hydrogen) atoms. The summed E-state index contributed by atoms with van der Waals surface area (Å²) in [6, 6.07) is 13.2. The van der Waals surface area contributed by atoms with Crippen LogP contribution < -0.4 is 15.8 Å². The number of nitrogen functional groups attached to an aromatic ring is 1. The Labute approximate surface area is 118 Å². The van der Waals surface area contributed by atoms with Crippen LogP contribution in [0.25, 0.3) is 0 Å². The van der Waals surface area contributed by atoms with Crippen molar-refractivity contribution in [3.63, 3.8) is 0 Å². The fourth-order valence-corrected chi connectivity index (χ4v) is 1.94. The van der Waals surface area contributed by atoms with Gasteiger partial charge in [-0.25, -0.2) is 0 Å². The van der Waals surface area contributed by atoms with E-state index in [0.717, 1.165) is 11.3 Å². The molecule has 0 aliphatic carbocycles. The second kappa shape index (κ2) is 6.10. The third kappa shape index (κ3) is 3.09. The smallest absolute Gasteiger partial charge is 0.163 e. The number of carbonyl (C=O) groups excluding carboxylic acids is 1. The average molecular weight is 270 g/mol. The van der Waals surface area contributed by atoms with Crippen molar-refractivity contribution >= 4 is 17.2 Å². The van der Waals surface area contributed by atoms with Gasteiger partial charge in [-0.05, 0) is 18.6 Å². The first-order valence-electron chi connectivity index (χ1n) is 6.40. The van der Waals surface area contributed by atoms with Crippen molar-refractivity contribution in [2.75, 3.05) is 18.1 Å². The Morgan fingerprint density at radius 2 is 1.95 bits per heavy atom. The van der Waals surface area contributed by atoms with Crippen LogP contribution in [-0.4, -0.2) is 12.8 Å². The van der Waals surface area contributed by atoms with E-state index in [0.29, 0.717) is 23.6 Å². The van der Waals surface area contributed by atoms with E-state index < -0.39 is 0 Å². The Bertz CT molecular complexity index is 609. The standard InChI is InChI=1S/C16H18N2O2/c1-11(19)13-8-14(17)15(18-2)9-16(13)20-10-12-6-4-3-5-7-12/h3-9,18H,10,17H2,1-2H3. The van der Waals surface area contributed by atoms with Crippen LogP contribution in [0.1, 0.15) is 22.8 Å². The molecule has 0 spiro atoms.